The van der Waals surface area contributed by atoms with Crippen molar-refractivity contribution in [2.75, 3.05) is 0 Å². The number of carbonyl (C=O) groups excluding carboxylic acids is 1. The van der Waals surface area contributed by atoms with Crippen molar-refractivity contribution in [2.45, 2.75) is 32.7 Å². The zero-order valence-corrected chi connectivity index (χ0v) is 14.7. The number of benzene rings is 1. The molecule has 0 unspecified atom stereocenters. The molecule has 2 N–H and O–H groups in total. The van der Waals surface area contributed by atoms with Gasteiger partial charge >= 0.3 is 0 Å². The maximum Gasteiger partial charge on any atom is 0.251 e. The van der Waals surface area contributed by atoms with E-state index >= 15 is 0 Å². The normalized spacial score (nSPS) is 13.6. The standard InChI is InChI=1S/C20H20N4O2/c1-12-3-4-14(20(26)23-16-5-6-16)7-18(12)15-9-22-24(11-15)19-8-17(25)10-21-13(19)2/h3-4,7-11,16,25H,5-6H2,1-2H3,(H,23,26). The average molecular weight is 348 g/mol. The molecule has 0 spiro atoms. The van der Waals surface area contributed by atoms with Gasteiger partial charge in [-0.15, -0.1) is 0 Å². The van der Waals surface area contributed by atoms with Crippen LogP contribution in [0.5, 0.6) is 5.75 Å². The molecule has 3 aromatic rings. The summed E-state index contributed by atoms with van der Waals surface area (Å²) >= 11 is 0. The summed E-state index contributed by atoms with van der Waals surface area (Å²) in [7, 11) is 0. The molecule has 0 radical (unpaired) electrons. The molecular formula is C20H20N4O2. The van der Waals surface area contributed by atoms with Crippen LogP contribution in [0.2, 0.25) is 0 Å². The van der Waals surface area contributed by atoms with Gasteiger partial charge in [0, 0.05) is 29.4 Å². The van der Waals surface area contributed by atoms with Crippen molar-refractivity contribution in [1.29, 1.82) is 0 Å². The highest BCUT2D eigenvalue weighted by Crippen LogP contribution is 2.27. The minimum absolute atomic E-state index is 0.0332. The van der Waals surface area contributed by atoms with Crippen molar-refractivity contribution in [1.82, 2.24) is 20.1 Å². The van der Waals surface area contributed by atoms with E-state index in [0.29, 0.717) is 11.6 Å². The lowest BCUT2D eigenvalue weighted by Crippen LogP contribution is -2.25. The number of nitrogens with one attached hydrogen (secondary N) is 1. The number of amides is 1. The van der Waals surface area contributed by atoms with E-state index in [0.717, 1.165) is 40.9 Å². The Kier molecular flexibility index (Phi) is 3.95. The van der Waals surface area contributed by atoms with Crippen LogP contribution in [0.4, 0.5) is 0 Å². The molecule has 1 amide bonds. The number of nitrogens with zero attached hydrogens (tertiary/aromatic N) is 3. The Morgan fingerprint density at radius 3 is 2.81 bits per heavy atom. The zero-order valence-electron chi connectivity index (χ0n) is 14.7. The second-order valence-electron chi connectivity index (χ2n) is 6.75. The fourth-order valence-corrected chi connectivity index (χ4v) is 2.91. The van der Waals surface area contributed by atoms with Crippen LogP contribution < -0.4 is 5.32 Å². The Labute approximate surface area is 151 Å². The first kappa shape index (κ1) is 16.3. The molecule has 1 aromatic carbocycles. The van der Waals surface area contributed by atoms with Crippen molar-refractivity contribution in [3.8, 4) is 22.6 Å². The van der Waals surface area contributed by atoms with Gasteiger partial charge in [-0.3, -0.25) is 9.78 Å². The van der Waals surface area contributed by atoms with Gasteiger partial charge in [-0.2, -0.15) is 5.10 Å². The molecule has 1 saturated carbocycles. The molecule has 0 aliphatic heterocycles. The summed E-state index contributed by atoms with van der Waals surface area (Å²) in [5, 5.41) is 17.1. The largest absolute Gasteiger partial charge is 0.506 e. The van der Waals surface area contributed by atoms with E-state index in [9.17, 15) is 9.90 Å². The lowest BCUT2D eigenvalue weighted by molar-refractivity contribution is 0.0951. The van der Waals surface area contributed by atoms with E-state index in [1.54, 1.807) is 16.9 Å². The summed E-state index contributed by atoms with van der Waals surface area (Å²) in [6.45, 7) is 3.88. The lowest BCUT2D eigenvalue weighted by atomic mass is 10.0. The number of hydrogen-bond donors (Lipinski definition) is 2. The first-order valence-corrected chi connectivity index (χ1v) is 8.64. The van der Waals surface area contributed by atoms with Crippen molar-refractivity contribution < 1.29 is 9.90 Å². The summed E-state index contributed by atoms with van der Waals surface area (Å²) in [6, 6.07) is 7.67. The van der Waals surface area contributed by atoms with E-state index in [1.165, 1.54) is 6.20 Å². The summed E-state index contributed by atoms with van der Waals surface area (Å²) in [6.07, 6.45) is 7.18. The number of aromatic hydroxyl groups is 1. The van der Waals surface area contributed by atoms with Gasteiger partial charge in [0.25, 0.3) is 5.91 Å². The third kappa shape index (κ3) is 3.18. The van der Waals surface area contributed by atoms with E-state index < -0.39 is 0 Å². The van der Waals surface area contributed by atoms with Gasteiger partial charge in [-0.1, -0.05) is 6.07 Å². The highest BCUT2D eigenvalue weighted by Gasteiger charge is 2.24. The predicted molar refractivity (Wildman–Crippen MR) is 98.4 cm³/mol. The van der Waals surface area contributed by atoms with E-state index in [2.05, 4.69) is 15.4 Å². The Morgan fingerprint density at radius 1 is 1.23 bits per heavy atom. The Bertz CT molecular complexity index is 989. The van der Waals surface area contributed by atoms with Gasteiger partial charge < -0.3 is 10.4 Å². The fourth-order valence-electron chi connectivity index (χ4n) is 2.91. The van der Waals surface area contributed by atoms with Gasteiger partial charge in [0.2, 0.25) is 0 Å². The summed E-state index contributed by atoms with van der Waals surface area (Å²) in [5.41, 5.74) is 5.08. The number of aryl methyl sites for hydroxylation is 2. The van der Waals surface area contributed by atoms with E-state index in [4.69, 9.17) is 0 Å². The molecule has 26 heavy (non-hydrogen) atoms. The van der Waals surface area contributed by atoms with Gasteiger partial charge in [0.05, 0.1) is 23.8 Å². The van der Waals surface area contributed by atoms with Crippen LogP contribution in [0.15, 0.2) is 42.9 Å². The minimum atomic E-state index is -0.0332. The van der Waals surface area contributed by atoms with Gasteiger partial charge in [-0.05, 0) is 49.9 Å². The van der Waals surface area contributed by atoms with Crippen molar-refractivity contribution in [3.63, 3.8) is 0 Å². The molecule has 2 aromatic heterocycles. The quantitative estimate of drug-likeness (QED) is 0.759. The Morgan fingerprint density at radius 2 is 2.04 bits per heavy atom. The topological polar surface area (TPSA) is 80.0 Å². The monoisotopic (exact) mass is 348 g/mol. The molecule has 0 bridgehead atoms. The maximum atomic E-state index is 12.3. The first-order valence-electron chi connectivity index (χ1n) is 8.64. The molecule has 132 valence electrons. The second kappa shape index (κ2) is 6.29. The van der Waals surface area contributed by atoms with Crippen molar-refractivity contribution in [3.05, 3.63) is 59.7 Å². The van der Waals surface area contributed by atoms with Gasteiger partial charge in [0.15, 0.2) is 0 Å². The number of pyridine rings is 1. The van der Waals surface area contributed by atoms with Crippen LogP contribution in [0.3, 0.4) is 0 Å². The van der Waals surface area contributed by atoms with Crippen LogP contribution in [0.25, 0.3) is 16.8 Å². The molecule has 6 heteroatoms. The molecule has 1 aliphatic rings. The van der Waals surface area contributed by atoms with Gasteiger partial charge in [0.1, 0.15) is 5.75 Å². The Hall–Kier alpha value is -3.15. The molecule has 6 nitrogen and oxygen atoms in total. The molecule has 0 atom stereocenters. The minimum Gasteiger partial charge on any atom is -0.506 e. The molecule has 1 aliphatic carbocycles. The number of rotatable bonds is 4. The maximum absolute atomic E-state index is 12.3. The van der Waals surface area contributed by atoms with Crippen LogP contribution in [-0.2, 0) is 0 Å². The SMILES string of the molecule is Cc1ccc(C(=O)NC2CC2)cc1-c1cnn(-c2cc(O)cnc2C)c1. The van der Waals surface area contributed by atoms with Crippen molar-refractivity contribution >= 4 is 5.91 Å². The molecular weight excluding hydrogens is 328 g/mol. The molecule has 0 saturated heterocycles. The predicted octanol–water partition coefficient (Wildman–Crippen LogP) is 3.15. The van der Waals surface area contributed by atoms with Crippen molar-refractivity contribution in [2.24, 2.45) is 0 Å². The highest BCUT2D eigenvalue weighted by molar-refractivity contribution is 5.96. The van der Waals surface area contributed by atoms with E-state index in [1.807, 2.05) is 38.2 Å². The molecule has 2 heterocycles. The molecule has 1 fully saturated rings. The van der Waals surface area contributed by atoms with Crippen LogP contribution in [-0.4, -0.2) is 31.8 Å². The highest BCUT2D eigenvalue weighted by atomic mass is 16.3. The first-order chi connectivity index (χ1) is 12.5. The lowest BCUT2D eigenvalue weighted by Gasteiger charge is -2.08. The average Bonchev–Trinajstić information content (AvgIpc) is 3.30. The van der Waals surface area contributed by atoms with E-state index in [-0.39, 0.29) is 11.7 Å². The van der Waals surface area contributed by atoms with Gasteiger partial charge in [-0.25, -0.2) is 4.68 Å². The number of hydrogen-bond acceptors (Lipinski definition) is 4. The third-order valence-electron chi connectivity index (χ3n) is 4.60. The number of aromatic nitrogens is 3. The number of carbonyl (C=O) groups is 1. The summed E-state index contributed by atoms with van der Waals surface area (Å²) in [5.74, 6) is 0.0618. The molecule has 4 rings (SSSR count). The zero-order chi connectivity index (χ0) is 18.3. The van der Waals surface area contributed by atoms with Crippen LogP contribution >= 0.6 is 0 Å². The fraction of sp³-hybridized carbons (Fsp3) is 0.250. The van der Waals surface area contributed by atoms with Crippen LogP contribution in [0, 0.1) is 13.8 Å². The second-order valence-corrected chi connectivity index (χ2v) is 6.75. The van der Waals surface area contributed by atoms with Crippen LogP contribution in [0.1, 0.15) is 34.5 Å². The Balaban J connectivity index is 1.68. The summed E-state index contributed by atoms with van der Waals surface area (Å²) < 4.78 is 1.69. The summed E-state index contributed by atoms with van der Waals surface area (Å²) in [4.78, 5) is 16.5. The third-order valence-corrected chi connectivity index (χ3v) is 4.60. The smallest absolute Gasteiger partial charge is 0.251 e.